The summed E-state index contributed by atoms with van der Waals surface area (Å²) in [6.45, 7) is 2.76. The summed E-state index contributed by atoms with van der Waals surface area (Å²) in [7, 11) is 0. The smallest absolute Gasteiger partial charge is 0.128 e. The predicted molar refractivity (Wildman–Crippen MR) is 69.4 cm³/mol. The zero-order valence-electron chi connectivity index (χ0n) is 10.8. The van der Waals surface area contributed by atoms with Crippen molar-refractivity contribution in [2.75, 3.05) is 6.61 Å². The van der Waals surface area contributed by atoms with Crippen molar-refractivity contribution in [2.24, 2.45) is 5.84 Å². The number of hydrazine groups is 1. The third-order valence-corrected chi connectivity index (χ3v) is 3.50. The van der Waals surface area contributed by atoms with E-state index in [2.05, 4.69) is 5.43 Å². The molecule has 0 saturated carbocycles. The maximum atomic E-state index is 13.8. The first-order valence-electron chi connectivity index (χ1n) is 6.54. The van der Waals surface area contributed by atoms with Crippen molar-refractivity contribution >= 4 is 0 Å². The maximum Gasteiger partial charge on any atom is 0.128 e. The molecule has 100 valence electrons. The zero-order valence-corrected chi connectivity index (χ0v) is 10.8. The molecular formula is C14H21FN2O. The van der Waals surface area contributed by atoms with Gasteiger partial charge in [0.25, 0.3) is 0 Å². The van der Waals surface area contributed by atoms with Gasteiger partial charge in [0.15, 0.2) is 0 Å². The Bertz CT molecular complexity index is 391. The minimum atomic E-state index is -0.209. The van der Waals surface area contributed by atoms with Crippen LogP contribution in [-0.4, -0.2) is 12.7 Å². The molecule has 0 amide bonds. The molecule has 1 fully saturated rings. The van der Waals surface area contributed by atoms with E-state index in [0.717, 1.165) is 31.4 Å². The van der Waals surface area contributed by atoms with E-state index in [1.165, 1.54) is 12.5 Å². The molecule has 0 spiro atoms. The van der Waals surface area contributed by atoms with Crippen LogP contribution in [0.15, 0.2) is 18.2 Å². The molecule has 0 aliphatic carbocycles. The van der Waals surface area contributed by atoms with E-state index in [4.69, 9.17) is 10.6 Å². The number of ether oxygens (including phenoxy) is 1. The second kappa shape index (κ2) is 6.27. The van der Waals surface area contributed by atoms with Crippen LogP contribution in [0.5, 0.6) is 0 Å². The Morgan fingerprint density at radius 2 is 2.33 bits per heavy atom. The van der Waals surface area contributed by atoms with Crippen LogP contribution in [0.25, 0.3) is 0 Å². The Kier molecular flexibility index (Phi) is 4.69. The monoisotopic (exact) mass is 252 g/mol. The Hall–Kier alpha value is -0.970. The highest BCUT2D eigenvalue weighted by atomic mass is 19.1. The number of hydrogen-bond acceptors (Lipinski definition) is 3. The Morgan fingerprint density at radius 3 is 3.00 bits per heavy atom. The molecule has 1 saturated heterocycles. The number of halogens is 1. The molecule has 2 atom stereocenters. The van der Waals surface area contributed by atoms with Crippen molar-refractivity contribution in [1.82, 2.24) is 5.43 Å². The van der Waals surface area contributed by atoms with Crippen molar-refractivity contribution in [3.8, 4) is 0 Å². The van der Waals surface area contributed by atoms with Crippen LogP contribution in [0, 0.1) is 12.7 Å². The van der Waals surface area contributed by atoms with Gasteiger partial charge in [0, 0.05) is 12.2 Å². The Balaban J connectivity index is 2.09. The van der Waals surface area contributed by atoms with Crippen molar-refractivity contribution in [2.45, 2.75) is 44.8 Å². The van der Waals surface area contributed by atoms with Crippen molar-refractivity contribution in [3.63, 3.8) is 0 Å². The van der Waals surface area contributed by atoms with Gasteiger partial charge in [-0.25, -0.2) is 4.39 Å². The van der Waals surface area contributed by atoms with Gasteiger partial charge in [0.05, 0.1) is 12.1 Å². The van der Waals surface area contributed by atoms with Crippen LogP contribution >= 0.6 is 0 Å². The largest absolute Gasteiger partial charge is 0.378 e. The third kappa shape index (κ3) is 3.28. The quantitative estimate of drug-likeness (QED) is 0.639. The highest BCUT2D eigenvalue weighted by Crippen LogP contribution is 2.26. The lowest BCUT2D eigenvalue weighted by atomic mass is 9.96. The van der Waals surface area contributed by atoms with Crippen LogP contribution in [0.1, 0.15) is 42.9 Å². The molecule has 3 N–H and O–H groups in total. The fourth-order valence-electron chi connectivity index (χ4n) is 2.47. The van der Waals surface area contributed by atoms with E-state index in [9.17, 15) is 4.39 Å². The number of nitrogens with one attached hydrogen (secondary N) is 1. The molecule has 0 bridgehead atoms. The first-order valence-corrected chi connectivity index (χ1v) is 6.54. The summed E-state index contributed by atoms with van der Waals surface area (Å²) in [6.07, 6.45) is 4.23. The molecule has 0 aromatic heterocycles. The first kappa shape index (κ1) is 13.5. The second-order valence-electron chi connectivity index (χ2n) is 4.97. The highest BCUT2D eigenvalue weighted by Gasteiger charge is 2.22. The van der Waals surface area contributed by atoms with Gasteiger partial charge in [-0.1, -0.05) is 17.7 Å². The predicted octanol–water partition coefficient (Wildman–Crippen LogP) is 2.60. The molecule has 2 unspecified atom stereocenters. The lowest BCUT2D eigenvalue weighted by Gasteiger charge is -2.27. The number of hydrogen-bond donors (Lipinski definition) is 2. The molecule has 1 aromatic rings. The summed E-state index contributed by atoms with van der Waals surface area (Å²) in [5.41, 5.74) is 4.38. The van der Waals surface area contributed by atoms with Crippen LogP contribution < -0.4 is 11.3 Å². The van der Waals surface area contributed by atoms with E-state index in [1.54, 1.807) is 6.07 Å². The van der Waals surface area contributed by atoms with Crippen LogP contribution in [0.4, 0.5) is 4.39 Å². The van der Waals surface area contributed by atoms with Crippen LogP contribution in [-0.2, 0) is 4.74 Å². The van der Waals surface area contributed by atoms with Gasteiger partial charge < -0.3 is 4.74 Å². The van der Waals surface area contributed by atoms with E-state index in [-0.39, 0.29) is 18.0 Å². The van der Waals surface area contributed by atoms with Gasteiger partial charge in [-0.3, -0.25) is 11.3 Å². The maximum absolute atomic E-state index is 13.8. The van der Waals surface area contributed by atoms with Gasteiger partial charge >= 0.3 is 0 Å². The average molecular weight is 252 g/mol. The first-order chi connectivity index (χ1) is 8.70. The standard InChI is InChI=1S/C14H21FN2O/c1-10-5-6-13(15)12(8-10)14(17-16)9-11-4-2-3-7-18-11/h5-6,8,11,14,17H,2-4,7,9,16H2,1H3. The topological polar surface area (TPSA) is 47.3 Å². The minimum Gasteiger partial charge on any atom is -0.378 e. The molecule has 1 aliphatic heterocycles. The number of nitrogens with two attached hydrogens (primary N) is 1. The summed E-state index contributed by atoms with van der Waals surface area (Å²) >= 11 is 0. The Morgan fingerprint density at radius 1 is 1.50 bits per heavy atom. The molecule has 4 heteroatoms. The summed E-state index contributed by atoms with van der Waals surface area (Å²) < 4.78 is 19.5. The molecule has 18 heavy (non-hydrogen) atoms. The molecule has 1 aliphatic rings. The van der Waals surface area contributed by atoms with E-state index in [0.29, 0.717) is 5.56 Å². The number of benzene rings is 1. The van der Waals surface area contributed by atoms with Gasteiger partial charge in [0.2, 0.25) is 0 Å². The average Bonchev–Trinajstić information content (AvgIpc) is 2.40. The normalized spacial score (nSPS) is 21.8. The van der Waals surface area contributed by atoms with Crippen molar-refractivity contribution in [1.29, 1.82) is 0 Å². The molecule has 2 rings (SSSR count). The van der Waals surface area contributed by atoms with Crippen LogP contribution in [0.3, 0.4) is 0 Å². The van der Waals surface area contributed by atoms with Gasteiger partial charge in [-0.15, -0.1) is 0 Å². The van der Waals surface area contributed by atoms with Gasteiger partial charge in [-0.05, 0) is 38.7 Å². The van der Waals surface area contributed by atoms with E-state index in [1.807, 2.05) is 13.0 Å². The lowest BCUT2D eigenvalue weighted by Crippen LogP contribution is -2.33. The second-order valence-corrected chi connectivity index (χ2v) is 4.97. The van der Waals surface area contributed by atoms with Gasteiger partial charge in [0.1, 0.15) is 5.82 Å². The highest BCUT2D eigenvalue weighted by molar-refractivity contribution is 5.26. The minimum absolute atomic E-state index is 0.180. The van der Waals surface area contributed by atoms with Crippen molar-refractivity contribution in [3.05, 3.63) is 35.1 Å². The molecule has 3 nitrogen and oxygen atoms in total. The fourth-order valence-corrected chi connectivity index (χ4v) is 2.47. The third-order valence-electron chi connectivity index (χ3n) is 3.50. The summed E-state index contributed by atoms with van der Waals surface area (Å²) in [6, 6.07) is 4.93. The molecule has 0 radical (unpaired) electrons. The van der Waals surface area contributed by atoms with E-state index >= 15 is 0 Å². The number of aryl methyl sites for hydroxylation is 1. The van der Waals surface area contributed by atoms with Crippen molar-refractivity contribution < 1.29 is 9.13 Å². The van der Waals surface area contributed by atoms with Gasteiger partial charge in [-0.2, -0.15) is 0 Å². The summed E-state index contributed by atoms with van der Waals surface area (Å²) in [5, 5.41) is 0. The fraction of sp³-hybridized carbons (Fsp3) is 0.571. The van der Waals surface area contributed by atoms with Crippen LogP contribution in [0.2, 0.25) is 0 Å². The zero-order chi connectivity index (χ0) is 13.0. The van der Waals surface area contributed by atoms with E-state index < -0.39 is 0 Å². The summed E-state index contributed by atoms with van der Waals surface area (Å²) in [5.74, 6) is 5.36. The SMILES string of the molecule is Cc1ccc(F)c(C(CC2CCCCO2)NN)c1. The molecule has 1 heterocycles. The Labute approximate surface area is 107 Å². The summed E-state index contributed by atoms with van der Waals surface area (Å²) in [4.78, 5) is 0. The lowest BCUT2D eigenvalue weighted by molar-refractivity contribution is 0.00483. The number of rotatable bonds is 4. The molecule has 1 aromatic carbocycles. The molecular weight excluding hydrogens is 231 g/mol.